The maximum absolute atomic E-state index is 13.4. The first-order valence-corrected chi connectivity index (χ1v) is 9.64. The van der Waals surface area contributed by atoms with Gasteiger partial charge in [-0.25, -0.2) is 0 Å². The van der Waals surface area contributed by atoms with Gasteiger partial charge < -0.3 is 20.1 Å². The Morgan fingerprint density at radius 2 is 1.96 bits per heavy atom. The van der Waals surface area contributed by atoms with E-state index in [1.54, 1.807) is 12.1 Å². The number of ether oxygens (including phenoxy) is 1. The normalized spacial score (nSPS) is 16.8. The molecule has 2 aromatic carbocycles. The summed E-state index contributed by atoms with van der Waals surface area (Å²) in [6.45, 7) is 4.72. The molecule has 2 N–H and O–H groups in total. The molecule has 1 aliphatic heterocycles. The lowest BCUT2D eigenvalue weighted by atomic mass is 9.89. The van der Waals surface area contributed by atoms with Gasteiger partial charge in [-0.3, -0.25) is 4.79 Å². The fourth-order valence-corrected chi connectivity index (χ4v) is 3.80. The first-order valence-electron chi connectivity index (χ1n) is 9.23. The number of phenolic OH excluding ortho intramolecular Hbond substituents is 1. The third-order valence-corrected chi connectivity index (χ3v) is 5.20. The van der Waals surface area contributed by atoms with Crippen LogP contribution in [0.4, 0.5) is 0 Å². The smallest absolute Gasteiger partial charge is 0.193 e. The van der Waals surface area contributed by atoms with Crippen LogP contribution < -0.4 is 10.1 Å². The molecule has 1 unspecified atom stereocenters. The van der Waals surface area contributed by atoms with E-state index in [1.807, 2.05) is 48.2 Å². The van der Waals surface area contributed by atoms with Crippen molar-refractivity contribution >= 4 is 23.1 Å². The Labute approximate surface area is 170 Å². The number of carbonyl (C=O) groups excluding carboxylic acids is 1. The molecule has 5 nitrogen and oxygen atoms in total. The Kier molecular flexibility index (Phi) is 5.99. The highest BCUT2D eigenvalue weighted by molar-refractivity contribution is 7.80. The van der Waals surface area contributed by atoms with Crippen LogP contribution in [0.5, 0.6) is 11.5 Å². The number of phenols is 1. The minimum atomic E-state index is -0.454. The van der Waals surface area contributed by atoms with Crippen LogP contribution in [0.15, 0.2) is 59.8 Å². The van der Waals surface area contributed by atoms with Gasteiger partial charge in [0.25, 0.3) is 0 Å². The van der Waals surface area contributed by atoms with E-state index in [9.17, 15) is 9.90 Å². The Morgan fingerprint density at radius 3 is 2.57 bits per heavy atom. The summed E-state index contributed by atoms with van der Waals surface area (Å²) in [5.74, 6) is 0.341. The molecule has 0 aliphatic carbocycles. The molecule has 0 spiro atoms. The van der Waals surface area contributed by atoms with Crippen molar-refractivity contribution in [3.63, 3.8) is 0 Å². The lowest BCUT2D eigenvalue weighted by molar-refractivity contribution is 0.102. The number of aromatic hydroxyl groups is 1. The molecule has 0 fully saturated rings. The van der Waals surface area contributed by atoms with E-state index < -0.39 is 6.04 Å². The second-order valence-electron chi connectivity index (χ2n) is 6.66. The molecule has 0 amide bonds. The van der Waals surface area contributed by atoms with E-state index in [0.717, 1.165) is 24.2 Å². The summed E-state index contributed by atoms with van der Waals surface area (Å²) < 4.78 is 5.14. The van der Waals surface area contributed by atoms with Crippen LogP contribution in [0.1, 0.15) is 42.2 Å². The van der Waals surface area contributed by atoms with Crippen LogP contribution in [0.2, 0.25) is 0 Å². The second-order valence-corrected chi connectivity index (χ2v) is 7.05. The van der Waals surface area contributed by atoms with Gasteiger partial charge in [-0.2, -0.15) is 0 Å². The molecule has 146 valence electrons. The zero-order chi connectivity index (χ0) is 20.3. The molecule has 0 bridgehead atoms. The molecular weight excluding hydrogens is 372 g/mol. The van der Waals surface area contributed by atoms with Crippen LogP contribution in [0.25, 0.3) is 0 Å². The van der Waals surface area contributed by atoms with Gasteiger partial charge in [-0.1, -0.05) is 43.3 Å². The number of carbonyl (C=O) groups is 1. The van der Waals surface area contributed by atoms with Crippen LogP contribution in [0.3, 0.4) is 0 Å². The van der Waals surface area contributed by atoms with Crippen molar-refractivity contribution < 1.29 is 14.6 Å². The molecule has 0 radical (unpaired) electrons. The first-order chi connectivity index (χ1) is 13.5. The summed E-state index contributed by atoms with van der Waals surface area (Å²) >= 11 is 5.57. The van der Waals surface area contributed by atoms with Crippen molar-refractivity contribution in [1.29, 1.82) is 0 Å². The summed E-state index contributed by atoms with van der Waals surface area (Å²) in [7, 11) is 1.50. The van der Waals surface area contributed by atoms with Crippen LogP contribution >= 0.6 is 12.2 Å². The number of Topliss-reactive ketones (excluding diaryl/α,β-unsaturated/α-hetero) is 1. The number of nitrogens with one attached hydrogen (secondary N) is 1. The minimum absolute atomic E-state index is 0.0212. The molecule has 0 aromatic heterocycles. The third-order valence-electron chi connectivity index (χ3n) is 4.86. The van der Waals surface area contributed by atoms with Crippen LogP contribution in [-0.4, -0.2) is 34.6 Å². The van der Waals surface area contributed by atoms with Gasteiger partial charge in [-0.05, 0) is 43.3 Å². The number of allylic oxidation sites excluding steroid dienone is 1. The standard InChI is InChI=1S/C22H24N2O3S/c1-4-12-24-14(2)19(21(26)15-8-6-5-7-9-15)20(23-22(24)28)16-10-11-18(27-3)17(25)13-16/h5-11,13,20,25H,4,12H2,1-3H3,(H,23,28). The molecule has 0 saturated carbocycles. The summed E-state index contributed by atoms with van der Waals surface area (Å²) in [4.78, 5) is 15.4. The van der Waals surface area contributed by atoms with E-state index in [4.69, 9.17) is 17.0 Å². The van der Waals surface area contributed by atoms with E-state index in [-0.39, 0.29) is 11.5 Å². The molecule has 28 heavy (non-hydrogen) atoms. The highest BCUT2D eigenvalue weighted by Gasteiger charge is 2.34. The number of benzene rings is 2. The summed E-state index contributed by atoms with van der Waals surface area (Å²) in [5.41, 5.74) is 2.82. The number of thiocarbonyl (C=S) groups is 1. The Balaban J connectivity index is 2.12. The lowest BCUT2D eigenvalue weighted by Crippen LogP contribution is -2.47. The summed E-state index contributed by atoms with van der Waals surface area (Å²) in [6, 6.07) is 13.9. The predicted molar refractivity (Wildman–Crippen MR) is 114 cm³/mol. The van der Waals surface area contributed by atoms with Crippen molar-refractivity contribution in [2.45, 2.75) is 26.3 Å². The Bertz CT molecular complexity index is 925. The van der Waals surface area contributed by atoms with Crippen molar-refractivity contribution in [2.24, 2.45) is 0 Å². The lowest BCUT2D eigenvalue weighted by Gasteiger charge is -2.38. The molecule has 2 aromatic rings. The first kappa shape index (κ1) is 19.9. The van der Waals surface area contributed by atoms with Crippen LogP contribution in [0, 0.1) is 0 Å². The third kappa shape index (κ3) is 3.73. The summed E-state index contributed by atoms with van der Waals surface area (Å²) in [6.07, 6.45) is 0.903. The van der Waals surface area contributed by atoms with Crippen molar-refractivity contribution in [3.05, 3.63) is 70.9 Å². The predicted octanol–water partition coefficient (Wildman–Crippen LogP) is 4.20. The monoisotopic (exact) mass is 396 g/mol. The van der Waals surface area contributed by atoms with Gasteiger partial charge in [-0.15, -0.1) is 0 Å². The SMILES string of the molecule is CCCN1C(=S)NC(c2ccc(OC)c(O)c2)C(C(=O)c2ccccc2)=C1C. The number of nitrogens with zero attached hydrogens (tertiary/aromatic N) is 1. The molecule has 1 atom stereocenters. The second kappa shape index (κ2) is 8.44. The van der Waals surface area contributed by atoms with Gasteiger partial charge in [0.1, 0.15) is 0 Å². The highest BCUT2D eigenvalue weighted by Crippen LogP contribution is 2.36. The van der Waals surface area contributed by atoms with E-state index in [1.165, 1.54) is 7.11 Å². The topological polar surface area (TPSA) is 61.8 Å². The molecule has 1 heterocycles. The fraction of sp³-hybridized carbons (Fsp3) is 0.273. The van der Waals surface area contributed by atoms with Crippen molar-refractivity contribution in [3.8, 4) is 11.5 Å². The minimum Gasteiger partial charge on any atom is -0.504 e. The summed E-state index contributed by atoms with van der Waals surface area (Å²) in [5, 5.41) is 14.1. The number of rotatable bonds is 6. The van der Waals surface area contributed by atoms with E-state index in [2.05, 4.69) is 12.2 Å². The number of ketones is 1. The zero-order valence-corrected chi connectivity index (χ0v) is 17.0. The Morgan fingerprint density at radius 1 is 1.25 bits per heavy atom. The van der Waals surface area contributed by atoms with E-state index in [0.29, 0.717) is 22.0 Å². The number of methoxy groups -OCH3 is 1. The van der Waals surface area contributed by atoms with Crippen molar-refractivity contribution in [2.75, 3.05) is 13.7 Å². The Hall–Kier alpha value is -2.86. The van der Waals surface area contributed by atoms with Gasteiger partial charge >= 0.3 is 0 Å². The highest BCUT2D eigenvalue weighted by atomic mass is 32.1. The molecule has 3 rings (SSSR count). The largest absolute Gasteiger partial charge is 0.504 e. The molecule has 1 aliphatic rings. The molecular formula is C22H24N2O3S. The van der Waals surface area contributed by atoms with Crippen molar-refractivity contribution in [1.82, 2.24) is 10.2 Å². The zero-order valence-electron chi connectivity index (χ0n) is 16.2. The van der Waals surface area contributed by atoms with Gasteiger partial charge in [0.2, 0.25) is 0 Å². The maximum Gasteiger partial charge on any atom is 0.193 e. The fourth-order valence-electron chi connectivity index (χ4n) is 3.45. The van der Waals surface area contributed by atoms with Gasteiger partial charge in [0.05, 0.1) is 13.2 Å². The van der Waals surface area contributed by atoms with Gasteiger partial charge in [0.15, 0.2) is 22.4 Å². The average Bonchev–Trinajstić information content (AvgIpc) is 2.71. The maximum atomic E-state index is 13.4. The molecule has 0 saturated heterocycles. The average molecular weight is 397 g/mol. The number of hydrogen-bond donors (Lipinski definition) is 2. The quantitative estimate of drug-likeness (QED) is 0.564. The van der Waals surface area contributed by atoms with Crippen LogP contribution in [-0.2, 0) is 0 Å². The van der Waals surface area contributed by atoms with E-state index >= 15 is 0 Å². The molecule has 6 heteroatoms. The number of hydrogen-bond acceptors (Lipinski definition) is 4. The van der Waals surface area contributed by atoms with Gasteiger partial charge in [0, 0.05) is 23.4 Å².